The number of carbonyl (C=O) groups is 1. The van der Waals surface area contributed by atoms with Crippen LogP contribution in [0.4, 0.5) is 5.69 Å². The number of hydrogen-bond acceptors (Lipinski definition) is 3. The van der Waals surface area contributed by atoms with Crippen LogP contribution in [0.5, 0.6) is 0 Å². The fourth-order valence-electron chi connectivity index (χ4n) is 4.15. The standard InChI is InChI=1S/C25H31N3O2/c1-27(2)21-12-9-19(10-13-21)17-28(18-22-6-5-15-30-22)25(29)14-11-20-16-26-24-8-4-3-7-23(20)24/h3-4,7-10,12-13,16,22,26H,5-6,11,14-15,17-18H2,1-2H3/t22-/m1/s1. The van der Waals surface area contributed by atoms with Gasteiger partial charge in [-0.3, -0.25) is 4.79 Å². The Morgan fingerprint density at radius 1 is 1.13 bits per heavy atom. The van der Waals surface area contributed by atoms with Crippen molar-refractivity contribution in [3.8, 4) is 0 Å². The van der Waals surface area contributed by atoms with E-state index in [0.29, 0.717) is 19.5 Å². The highest BCUT2D eigenvalue weighted by atomic mass is 16.5. The van der Waals surface area contributed by atoms with E-state index in [9.17, 15) is 4.79 Å². The van der Waals surface area contributed by atoms with Gasteiger partial charge in [-0.2, -0.15) is 0 Å². The molecule has 5 heteroatoms. The summed E-state index contributed by atoms with van der Waals surface area (Å²) in [5, 5.41) is 1.20. The van der Waals surface area contributed by atoms with E-state index in [1.54, 1.807) is 0 Å². The number of amides is 1. The first-order valence-corrected chi connectivity index (χ1v) is 10.8. The molecule has 1 amide bonds. The van der Waals surface area contributed by atoms with Crippen molar-refractivity contribution in [1.29, 1.82) is 0 Å². The molecule has 1 atom stereocenters. The molecule has 5 nitrogen and oxygen atoms in total. The minimum absolute atomic E-state index is 0.156. The van der Waals surface area contributed by atoms with Crippen LogP contribution in [0.2, 0.25) is 0 Å². The number of ether oxygens (including phenoxy) is 1. The molecule has 1 N–H and O–H groups in total. The molecular formula is C25H31N3O2. The summed E-state index contributed by atoms with van der Waals surface area (Å²) >= 11 is 0. The number of H-pyrrole nitrogens is 1. The number of hydrogen-bond donors (Lipinski definition) is 1. The fourth-order valence-corrected chi connectivity index (χ4v) is 4.15. The zero-order valence-corrected chi connectivity index (χ0v) is 17.9. The summed E-state index contributed by atoms with van der Waals surface area (Å²) in [5.74, 6) is 0.187. The topological polar surface area (TPSA) is 48.6 Å². The van der Waals surface area contributed by atoms with E-state index in [0.717, 1.165) is 42.6 Å². The Bertz CT molecular complexity index is 971. The van der Waals surface area contributed by atoms with Gasteiger partial charge >= 0.3 is 0 Å². The highest BCUT2D eigenvalue weighted by Crippen LogP contribution is 2.21. The van der Waals surface area contributed by atoms with Crippen molar-refractivity contribution < 1.29 is 9.53 Å². The molecule has 0 unspecified atom stereocenters. The monoisotopic (exact) mass is 405 g/mol. The van der Waals surface area contributed by atoms with Crippen molar-refractivity contribution in [3.05, 3.63) is 65.9 Å². The van der Waals surface area contributed by atoms with Crippen molar-refractivity contribution >= 4 is 22.5 Å². The maximum atomic E-state index is 13.2. The van der Waals surface area contributed by atoms with E-state index in [1.807, 2.05) is 37.3 Å². The highest BCUT2D eigenvalue weighted by Gasteiger charge is 2.23. The smallest absolute Gasteiger partial charge is 0.223 e. The van der Waals surface area contributed by atoms with E-state index in [1.165, 1.54) is 10.9 Å². The summed E-state index contributed by atoms with van der Waals surface area (Å²) in [6.07, 6.45) is 5.55. The van der Waals surface area contributed by atoms with Gasteiger partial charge in [0.05, 0.1) is 6.10 Å². The van der Waals surface area contributed by atoms with Crippen molar-refractivity contribution in [1.82, 2.24) is 9.88 Å². The summed E-state index contributed by atoms with van der Waals surface area (Å²) in [4.78, 5) is 20.6. The number of carbonyl (C=O) groups excluding carboxylic acids is 1. The number of para-hydroxylation sites is 1. The molecule has 2 heterocycles. The molecule has 158 valence electrons. The number of fused-ring (bicyclic) bond motifs is 1. The maximum Gasteiger partial charge on any atom is 0.223 e. The maximum absolute atomic E-state index is 13.2. The number of rotatable bonds is 8. The second-order valence-corrected chi connectivity index (χ2v) is 8.33. The first-order valence-electron chi connectivity index (χ1n) is 10.8. The lowest BCUT2D eigenvalue weighted by atomic mass is 10.1. The van der Waals surface area contributed by atoms with Gasteiger partial charge in [0.25, 0.3) is 0 Å². The number of aryl methyl sites for hydroxylation is 1. The van der Waals surface area contributed by atoms with Gasteiger partial charge in [-0.05, 0) is 48.6 Å². The Hall–Kier alpha value is -2.79. The Morgan fingerprint density at radius 3 is 2.67 bits per heavy atom. The van der Waals surface area contributed by atoms with Crippen LogP contribution in [0.1, 0.15) is 30.4 Å². The number of nitrogens with zero attached hydrogens (tertiary/aromatic N) is 2. The molecule has 30 heavy (non-hydrogen) atoms. The predicted octanol–water partition coefficient (Wildman–Crippen LogP) is 4.37. The first kappa shape index (κ1) is 20.5. The second kappa shape index (κ2) is 9.35. The van der Waals surface area contributed by atoms with Gasteiger partial charge in [-0.1, -0.05) is 30.3 Å². The van der Waals surface area contributed by atoms with Gasteiger partial charge in [-0.25, -0.2) is 0 Å². The van der Waals surface area contributed by atoms with Crippen LogP contribution in [0.15, 0.2) is 54.7 Å². The molecule has 1 saturated heterocycles. The van der Waals surface area contributed by atoms with E-state index < -0.39 is 0 Å². The lowest BCUT2D eigenvalue weighted by Gasteiger charge is -2.26. The molecule has 1 aliphatic heterocycles. The highest BCUT2D eigenvalue weighted by molar-refractivity contribution is 5.84. The van der Waals surface area contributed by atoms with E-state index in [4.69, 9.17) is 4.74 Å². The van der Waals surface area contributed by atoms with Crippen molar-refractivity contribution in [2.75, 3.05) is 32.1 Å². The summed E-state index contributed by atoms with van der Waals surface area (Å²) in [7, 11) is 4.07. The Morgan fingerprint density at radius 2 is 1.93 bits per heavy atom. The molecule has 1 aliphatic rings. The van der Waals surface area contributed by atoms with E-state index >= 15 is 0 Å². The zero-order valence-electron chi connectivity index (χ0n) is 17.9. The summed E-state index contributed by atoms with van der Waals surface area (Å²) in [5.41, 5.74) is 4.64. The Kier molecular flexibility index (Phi) is 6.38. The molecule has 4 rings (SSSR count). The Labute approximate surface area is 178 Å². The SMILES string of the molecule is CN(C)c1ccc(CN(C[C@H]2CCCO2)C(=O)CCc2c[nH]c3ccccc23)cc1. The third kappa shape index (κ3) is 4.85. The normalized spacial score (nSPS) is 16.1. The van der Waals surface area contributed by atoms with Crippen LogP contribution in [-0.4, -0.2) is 49.1 Å². The molecule has 1 aromatic heterocycles. The van der Waals surface area contributed by atoms with Crippen molar-refractivity contribution in [2.24, 2.45) is 0 Å². The minimum Gasteiger partial charge on any atom is -0.378 e. The largest absolute Gasteiger partial charge is 0.378 e. The fraction of sp³-hybridized carbons (Fsp3) is 0.400. The number of anilines is 1. The van der Waals surface area contributed by atoms with Gasteiger partial charge in [0, 0.05) is 63.0 Å². The van der Waals surface area contributed by atoms with Crippen molar-refractivity contribution in [3.63, 3.8) is 0 Å². The van der Waals surface area contributed by atoms with Gasteiger partial charge in [0.2, 0.25) is 5.91 Å². The lowest BCUT2D eigenvalue weighted by molar-refractivity contribution is -0.133. The quantitative estimate of drug-likeness (QED) is 0.605. The molecule has 0 radical (unpaired) electrons. The van der Waals surface area contributed by atoms with Gasteiger partial charge in [0.15, 0.2) is 0 Å². The summed E-state index contributed by atoms with van der Waals surface area (Å²) < 4.78 is 5.82. The molecular weight excluding hydrogens is 374 g/mol. The molecule has 0 saturated carbocycles. The molecule has 2 aromatic carbocycles. The van der Waals surface area contributed by atoms with Gasteiger partial charge < -0.3 is 19.5 Å². The number of aromatic nitrogens is 1. The Balaban J connectivity index is 1.44. The van der Waals surface area contributed by atoms with Crippen LogP contribution >= 0.6 is 0 Å². The average molecular weight is 406 g/mol. The van der Waals surface area contributed by atoms with Crippen LogP contribution in [0, 0.1) is 0 Å². The summed E-state index contributed by atoms with van der Waals surface area (Å²) in [6, 6.07) is 16.7. The van der Waals surface area contributed by atoms with Crippen LogP contribution in [0.3, 0.4) is 0 Å². The number of benzene rings is 2. The molecule has 1 fully saturated rings. The van der Waals surface area contributed by atoms with Crippen LogP contribution in [-0.2, 0) is 22.5 Å². The number of nitrogens with one attached hydrogen (secondary N) is 1. The van der Waals surface area contributed by atoms with Crippen LogP contribution in [0.25, 0.3) is 10.9 Å². The van der Waals surface area contributed by atoms with E-state index in [2.05, 4.69) is 46.3 Å². The lowest BCUT2D eigenvalue weighted by Crippen LogP contribution is -2.37. The van der Waals surface area contributed by atoms with Crippen molar-refractivity contribution in [2.45, 2.75) is 38.3 Å². The minimum atomic E-state index is 0.156. The summed E-state index contributed by atoms with van der Waals surface area (Å²) in [6.45, 7) is 2.10. The number of aromatic amines is 1. The molecule has 0 bridgehead atoms. The third-order valence-electron chi connectivity index (χ3n) is 5.91. The zero-order chi connectivity index (χ0) is 20.9. The molecule has 0 spiro atoms. The second-order valence-electron chi connectivity index (χ2n) is 8.33. The molecule has 0 aliphatic carbocycles. The third-order valence-corrected chi connectivity index (χ3v) is 5.91. The van der Waals surface area contributed by atoms with Crippen LogP contribution < -0.4 is 4.90 Å². The van der Waals surface area contributed by atoms with Gasteiger partial charge in [0.1, 0.15) is 0 Å². The van der Waals surface area contributed by atoms with Gasteiger partial charge in [-0.15, -0.1) is 0 Å². The average Bonchev–Trinajstić information content (AvgIpc) is 3.42. The first-order chi connectivity index (χ1) is 14.6. The predicted molar refractivity (Wildman–Crippen MR) is 122 cm³/mol. The molecule has 3 aromatic rings. The van der Waals surface area contributed by atoms with E-state index in [-0.39, 0.29) is 12.0 Å².